The molecule has 0 spiro atoms. The van der Waals surface area contributed by atoms with Gasteiger partial charge in [0, 0.05) is 11.5 Å². The molecule has 1 rings (SSSR count). The third-order valence-electron chi connectivity index (χ3n) is 3.84. The molecular formula is C18H27FN2O2. The van der Waals surface area contributed by atoms with E-state index in [2.05, 4.69) is 17.8 Å². The fourth-order valence-electron chi connectivity index (χ4n) is 2.46. The van der Waals surface area contributed by atoms with Gasteiger partial charge in [0.25, 0.3) is 5.91 Å². The van der Waals surface area contributed by atoms with Gasteiger partial charge in [-0.05, 0) is 30.0 Å². The predicted octanol–water partition coefficient (Wildman–Crippen LogP) is 3.83. The number of carbonyl (C=O) groups excluding carboxylic acids is 2. The number of benzene rings is 1. The number of carbonyl (C=O) groups is 2. The molecule has 0 saturated heterocycles. The van der Waals surface area contributed by atoms with Crippen molar-refractivity contribution in [3.05, 3.63) is 35.6 Å². The molecule has 0 fully saturated rings. The van der Waals surface area contributed by atoms with Gasteiger partial charge in [0.2, 0.25) is 5.91 Å². The van der Waals surface area contributed by atoms with Crippen LogP contribution in [-0.2, 0) is 4.79 Å². The van der Waals surface area contributed by atoms with Crippen LogP contribution in [0.1, 0.15) is 63.7 Å². The Bertz CT molecular complexity index is 538. The summed E-state index contributed by atoms with van der Waals surface area (Å²) in [5.41, 5.74) is 4.81. The van der Waals surface area contributed by atoms with Crippen molar-refractivity contribution in [1.82, 2.24) is 10.9 Å². The van der Waals surface area contributed by atoms with Gasteiger partial charge < -0.3 is 0 Å². The largest absolute Gasteiger partial charge is 0.273 e. The van der Waals surface area contributed by atoms with Crippen molar-refractivity contribution in [2.45, 2.75) is 53.4 Å². The minimum absolute atomic E-state index is 0.170. The van der Waals surface area contributed by atoms with Crippen molar-refractivity contribution >= 4 is 11.8 Å². The molecule has 0 aliphatic heterocycles. The molecule has 0 bridgehead atoms. The fourth-order valence-corrected chi connectivity index (χ4v) is 2.46. The molecular weight excluding hydrogens is 295 g/mol. The molecule has 2 amide bonds. The lowest BCUT2D eigenvalue weighted by Gasteiger charge is -2.29. The Morgan fingerprint density at radius 2 is 1.87 bits per heavy atom. The summed E-state index contributed by atoms with van der Waals surface area (Å²) in [6.45, 7) is 8.15. The molecule has 0 aromatic heterocycles. The molecule has 1 atom stereocenters. The van der Waals surface area contributed by atoms with Crippen LogP contribution in [0.25, 0.3) is 0 Å². The second-order valence-electron chi connectivity index (χ2n) is 6.87. The predicted molar refractivity (Wildman–Crippen MR) is 89.1 cm³/mol. The maximum Gasteiger partial charge on any atom is 0.269 e. The average molecular weight is 322 g/mol. The number of halogens is 1. The van der Waals surface area contributed by atoms with Crippen LogP contribution in [-0.4, -0.2) is 11.8 Å². The van der Waals surface area contributed by atoms with E-state index in [1.807, 2.05) is 20.8 Å². The molecule has 1 unspecified atom stereocenters. The molecule has 0 saturated carbocycles. The number of hydrogen-bond donors (Lipinski definition) is 2. The topological polar surface area (TPSA) is 58.2 Å². The zero-order chi connectivity index (χ0) is 17.5. The molecule has 0 aliphatic rings. The Balaban J connectivity index is 2.62. The number of nitrogens with one attached hydrogen (secondary N) is 2. The van der Waals surface area contributed by atoms with E-state index in [0.717, 1.165) is 31.7 Å². The highest BCUT2D eigenvalue weighted by molar-refractivity contribution is 5.95. The van der Waals surface area contributed by atoms with Crippen molar-refractivity contribution in [1.29, 1.82) is 0 Å². The number of amides is 2. The van der Waals surface area contributed by atoms with Gasteiger partial charge in [-0.15, -0.1) is 0 Å². The molecule has 128 valence electrons. The Morgan fingerprint density at radius 3 is 2.43 bits per heavy atom. The zero-order valence-electron chi connectivity index (χ0n) is 14.4. The molecule has 4 nitrogen and oxygen atoms in total. The zero-order valence-corrected chi connectivity index (χ0v) is 14.4. The summed E-state index contributed by atoms with van der Waals surface area (Å²) in [5.74, 6) is -1.42. The van der Waals surface area contributed by atoms with Gasteiger partial charge in [-0.2, -0.15) is 0 Å². The van der Waals surface area contributed by atoms with Gasteiger partial charge in [0.15, 0.2) is 0 Å². The summed E-state index contributed by atoms with van der Waals surface area (Å²) in [5, 5.41) is 0. The average Bonchev–Trinajstić information content (AvgIpc) is 2.47. The Morgan fingerprint density at radius 1 is 1.17 bits per heavy atom. The molecule has 1 aromatic carbocycles. The first kappa shape index (κ1) is 19.1. The quantitative estimate of drug-likeness (QED) is 0.618. The molecule has 0 aliphatic carbocycles. The van der Waals surface area contributed by atoms with Crippen LogP contribution >= 0.6 is 0 Å². The van der Waals surface area contributed by atoms with E-state index in [-0.39, 0.29) is 22.8 Å². The number of unbranched alkanes of at least 4 members (excludes halogenated alkanes) is 2. The number of hydrazine groups is 1. The summed E-state index contributed by atoms with van der Waals surface area (Å²) in [6, 6.07) is 5.34. The summed E-state index contributed by atoms with van der Waals surface area (Å²) in [4.78, 5) is 24.3. The lowest BCUT2D eigenvalue weighted by molar-refractivity contribution is -0.129. The first-order chi connectivity index (χ1) is 10.8. The monoisotopic (exact) mass is 322 g/mol. The van der Waals surface area contributed by atoms with Gasteiger partial charge in [-0.25, -0.2) is 4.39 Å². The van der Waals surface area contributed by atoms with Crippen LogP contribution in [0.3, 0.4) is 0 Å². The highest BCUT2D eigenvalue weighted by atomic mass is 19.1. The summed E-state index contributed by atoms with van der Waals surface area (Å²) < 4.78 is 13.1. The molecule has 1 aromatic rings. The molecule has 5 heteroatoms. The van der Waals surface area contributed by atoms with Crippen molar-refractivity contribution in [3.8, 4) is 0 Å². The van der Waals surface area contributed by atoms with Gasteiger partial charge >= 0.3 is 0 Å². The second-order valence-corrected chi connectivity index (χ2v) is 6.87. The first-order valence-corrected chi connectivity index (χ1v) is 8.11. The second kappa shape index (κ2) is 8.65. The Hall–Kier alpha value is -1.91. The minimum atomic E-state index is -0.529. The summed E-state index contributed by atoms with van der Waals surface area (Å²) >= 11 is 0. The molecule has 0 radical (unpaired) electrons. The molecule has 0 heterocycles. The van der Waals surface area contributed by atoms with Crippen LogP contribution in [0.5, 0.6) is 0 Å². The molecule has 23 heavy (non-hydrogen) atoms. The first-order valence-electron chi connectivity index (χ1n) is 8.11. The van der Waals surface area contributed by atoms with Crippen LogP contribution in [0.4, 0.5) is 4.39 Å². The lowest BCUT2D eigenvalue weighted by Crippen LogP contribution is -2.47. The maximum atomic E-state index is 13.1. The highest BCUT2D eigenvalue weighted by Gasteiger charge is 2.30. The Labute approximate surface area is 137 Å². The third-order valence-corrected chi connectivity index (χ3v) is 3.84. The SMILES string of the molecule is CCCCCC(C(=O)NNC(=O)c1cccc(F)c1)C(C)(C)C. The fraction of sp³-hybridized carbons (Fsp3) is 0.556. The third kappa shape index (κ3) is 6.38. The van der Waals surface area contributed by atoms with Gasteiger partial charge in [0.05, 0.1) is 0 Å². The standard InChI is InChI=1S/C18H27FN2O2/c1-5-6-7-11-15(18(2,3)4)17(23)21-20-16(22)13-9-8-10-14(19)12-13/h8-10,12,15H,5-7,11H2,1-4H3,(H,20,22)(H,21,23). The smallest absolute Gasteiger partial charge is 0.269 e. The van der Waals surface area contributed by atoms with Crippen molar-refractivity contribution in [3.63, 3.8) is 0 Å². The van der Waals surface area contributed by atoms with E-state index in [1.54, 1.807) is 0 Å². The Kier molecular flexibility index (Phi) is 7.20. The number of hydrogen-bond acceptors (Lipinski definition) is 2. The van der Waals surface area contributed by atoms with Crippen LogP contribution in [0.2, 0.25) is 0 Å². The number of rotatable bonds is 6. The van der Waals surface area contributed by atoms with Crippen LogP contribution in [0.15, 0.2) is 24.3 Å². The maximum absolute atomic E-state index is 13.1. The van der Waals surface area contributed by atoms with Crippen molar-refractivity contribution in [2.24, 2.45) is 11.3 Å². The van der Waals surface area contributed by atoms with Gasteiger partial charge in [0.1, 0.15) is 5.82 Å². The highest BCUT2D eigenvalue weighted by Crippen LogP contribution is 2.30. The normalized spacial score (nSPS) is 12.6. The van der Waals surface area contributed by atoms with Crippen molar-refractivity contribution < 1.29 is 14.0 Å². The van der Waals surface area contributed by atoms with Gasteiger partial charge in [-0.1, -0.05) is 53.0 Å². The van der Waals surface area contributed by atoms with Crippen LogP contribution < -0.4 is 10.9 Å². The van der Waals surface area contributed by atoms with E-state index in [1.165, 1.54) is 18.2 Å². The van der Waals surface area contributed by atoms with Crippen molar-refractivity contribution in [2.75, 3.05) is 0 Å². The lowest BCUT2D eigenvalue weighted by atomic mass is 9.77. The summed E-state index contributed by atoms with van der Waals surface area (Å²) in [7, 11) is 0. The summed E-state index contributed by atoms with van der Waals surface area (Å²) in [6.07, 6.45) is 3.92. The van der Waals surface area contributed by atoms with E-state index >= 15 is 0 Å². The van der Waals surface area contributed by atoms with Gasteiger partial charge in [-0.3, -0.25) is 20.4 Å². The minimum Gasteiger partial charge on any atom is -0.273 e. The van der Waals surface area contributed by atoms with E-state index in [4.69, 9.17) is 0 Å². The van der Waals surface area contributed by atoms with E-state index < -0.39 is 11.7 Å². The van der Waals surface area contributed by atoms with Crippen LogP contribution in [0, 0.1) is 17.2 Å². The van der Waals surface area contributed by atoms with E-state index in [9.17, 15) is 14.0 Å². The molecule has 2 N–H and O–H groups in total. The van der Waals surface area contributed by atoms with E-state index in [0.29, 0.717) is 0 Å².